The summed E-state index contributed by atoms with van der Waals surface area (Å²) in [5.41, 5.74) is 4.67. The number of aromatic nitrogens is 3. The highest BCUT2D eigenvalue weighted by Crippen LogP contribution is 2.23. The van der Waals surface area contributed by atoms with E-state index >= 15 is 0 Å². The zero-order valence-corrected chi connectivity index (χ0v) is 17.3. The molecule has 4 aromatic rings. The van der Waals surface area contributed by atoms with E-state index in [1.165, 1.54) is 0 Å². The van der Waals surface area contributed by atoms with Crippen molar-refractivity contribution in [2.75, 3.05) is 5.32 Å². The largest absolute Gasteiger partial charge is 0.481 e. The molecular weight excluding hydrogens is 404 g/mol. The third-order valence-electron chi connectivity index (χ3n) is 4.95. The van der Waals surface area contributed by atoms with Crippen LogP contribution in [0.15, 0.2) is 85.3 Å². The van der Waals surface area contributed by atoms with Crippen molar-refractivity contribution in [1.82, 2.24) is 14.8 Å². The van der Waals surface area contributed by atoms with Gasteiger partial charge in [0.05, 0.1) is 24.1 Å². The van der Waals surface area contributed by atoms with Crippen molar-refractivity contribution in [1.29, 1.82) is 0 Å². The van der Waals surface area contributed by atoms with E-state index in [1.54, 1.807) is 35.3 Å². The lowest BCUT2D eigenvalue weighted by atomic mass is 10.0. The van der Waals surface area contributed by atoms with Gasteiger partial charge in [-0.25, -0.2) is 0 Å². The number of anilines is 1. The van der Waals surface area contributed by atoms with Crippen molar-refractivity contribution in [2.45, 2.75) is 19.4 Å². The fourth-order valence-corrected chi connectivity index (χ4v) is 3.45. The summed E-state index contributed by atoms with van der Waals surface area (Å²) in [6, 6.07) is 20.6. The number of carbonyl (C=O) groups is 2. The van der Waals surface area contributed by atoms with Gasteiger partial charge in [-0.05, 0) is 41.8 Å². The lowest BCUT2D eigenvalue weighted by molar-refractivity contribution is -0.136. The minimum absolute atomic E-state index is 0.0372. The van der Waals surface area contributed by atoms with Gasteiger partial charge in [-0.2, -0.15) is 5.10 Å². The highest BCUT2D eigenvalue weighted by Gasteiger charge is 2.13. The smallest absolute Gasteiger partial charge is 0.303 e. The molecule has 160 valence electrons. The molecule has 0 aliphatic carbocycles. The standard InChI is InChI=1S/C25H22N4O3/c30-23(31)12-11-21-17-29(28-24(21)19-7-2-1-3-8-19)16-18-6-4-9-20(14-18)25(32)27-22-10-5-13-26-15-22/h1-10,13-15,17H,11-12,16H2,(H,27,32)(H,30,31). The van der Waals surface area contributed by atoms with Crippen LogP contribution in [0.25, 0.3) is 11.3 Å². The van der Waals surface area contributed by atoms with Gasteiger partial charge in [0, 0.05) is 29.9 Å². The van der Waals surface area contributed by atoms with E-state index in [9.17, 15) is 9.59 Å². The number of aryl methyl sites for hydroxylation is 1. The summed E-state index contributed by atoms with van der Waals surface area (Å²) >= 11 is 0. The molecule has 2 aromatic heterocycles. The Morgan fingerprint density at radius 1 is 1.00 bits per heavy atom. The van der Waals surface area contributed by atoms with E-state index in [0.29, 0.717) is 24.2 Å². The molecule has 0 saturated carbocycles. The number of benzene rings is 2. The predicted octanol–water partition coefficient (Wildman–Crippen LogP) is 4.26. The number of aliphatic carboxylic acids is 1. The second-order valence-corrected chi connectivity index (χ2v) is 7.36. The third-order valence-corrected chi connectivity index (χ3v) is 4.95. The summed E-state index contributed by atoms with van der Waals surface area (Å²) in [7, 11) is 0. The summed E-state index contributed by atoms with van der Waals surface area (Å²) < 4.78 is 1.79. The van der Waals surface area contributed by atoms with Crippen LogP contribution in [0.3, 0.4) is 0 Å². The minimum Gasteiger partial charge on any atom is -0.481 e. The van der Waals surface area contributed by atoms with Crippen LogP contribution in [-0.2, 0) is 17.8 Å². The lowest BCUT2D eigenvalue weighted by Crippen LogP contribution is -2.12. The number of nitrogens with zero attached hydrogens (tertiary/aromatic N) is 3. The van der Waals surface area contributed by atoms with Crippen molar-refractivity contribution in [3.8, 4) is 11.3 Å². The Morgan fingerprint density at radius 3 is 2.59 bits per heavy atom. The van der Waals surface area contributed by atoms with Gasteiger partial charge in [-0.15, -0.1) is 0 Å². The normalized spacial score (nSPS) is 10.6. The number of carboxylic acids is 1. The van der Waals surface area contributed by atoms with Crippen LogP contribution < -0.4 is 5.32 Å². The van der Waals surface area contributed by atoms with Gasteiger partial charge in [-0.3, -0.25) is 19.3 Å². The van der Waals surface area contributed by atoms with E-state index in [2.05, 4.69) is 10.3 Å². The molecule has 4 rings (SSSR count). The van der Waals surface area contributed by atoms with Crippen LogP contribution >= 0.6 is 0 Å². The molecule has 2 N–H and O–H groups in total. The molecule has 0 spiro atoms. The first-order chi connectivity index (χ1) is 15.6. The van der Waals surface area contributed by atoms with Crippen molar-refractivity contribution in [3.63, 3.8) is 0 Å². The Bertz CT molecular complexity index is 1220. The SMILES string of the molecule is O=C(O)CCc1cn(Cc2cccc(C(=O)Nc3cccnc3)c2)nc1-c1ccccc1. The highest BCUT2D eigenvalue weighted by atomic mass is 16.4. The zero-order valence-electron chi connectivity index (χ0n) is 17.3. The van der Waals surface area contributed by atoms with Gasteiger partial charge in [0.1, 0.15) is 0 Å². The molecule has 32 heavy (non-hydrogen) atoms. The van der Waals surface area contributed by atoms with E-state index in [0.717, 1.165) is 22.4 Å². The molecule has 2 aromatic carbocycles. The number of hydrogen-bond acceptors (Lipinski definition) is 4. The van der Waals surface area contributed by atoms with Crippen molar-refractivity contribution in [2.24, 2.45) is 0 Å². The summed E-state index contributed by atoms with van der Waals surface area (Å²) in [5.74, 6) is -1.06. The maximum Gasteiger partial charge on any atom is 0.303 e. The molecule has 7 nitrogen and oxygen atoms in total. The third kappa shape index (κ3) is 5.26. The second kappa shape index (κ2) is 9.70. The van der Waals surface area contributed by atoms with E-state index < -0.39 is 5.97 Å². The molecule has 0 aliphatic heterocycles. The van der Waals surface area contributed by atoms with E-state index in [-0.39, 0.29) is 12.3 Å². The average Bonchev–Trinajstić information content (AvgIpc) is 3.21. The minimum atomic E-state index is -0.843. The fourth-order valence-electron chi connectivity index (χ4n) is 3.45. The van der Waals surface area contributed by atoms with E-state index in [4.69, 9.17) is 10.2 Å². The van der Waals surface area contributed by atoms with Crippen LogP contribution in [-0.4, -0.2) is 31.7 Å². The maximum atomic E-state index is 12.6. The number of pyridine rings is 1. The summed E-state index contributed by atoms with van der Waals surface area (Å²) in [5, 5.41) is 16.6. The first kappa shape index (κ1) is 21.0. The van der Waals surface area contributed by atoms with Crippen LogP contribution in [0.1, 0.15) is 27.9 Å². The molecule has 2 heterocycles. The van der Waals surface area contributed by atoms with Crippen LogP contribution in [0.4, 0.5) is 5.69 Å². The molecule has 0 fully saturated rings. The molecule has 0 aliphatic rings. The quantitative estimate of drug-likeness (QED) is 0.439. The average molecular weight is 426 g/mol. The number of carbonyl (C=O) groups excluding carboxylic acids is 1. The van der Waals surface area contributed by atoms with Crippen LogP contribution in [0, 0.1) is 0 Å². The predicted molar refractivity (Wildman–Crippen MR) is 121 cm³/mol. The van der Waals surface area contributed by atoms with Crippen LogP contribution in [0.5, 0.6) is 0 Å². The molecular formula is C25H22N4O3. The van der Waals surface area contributed by atoms with Gasteiger partial charge >= 0.3 is 5.97 Å². The number of rotatable bonds is 8. The number of carboxylic acid groups (broad SMARTS) is 1. The zero-order chi connectivity index (χ0) is 22.3. The number of nitrogens with one attached hydrogen (secondary N) is 1. The summed E-state index contributed by atoms with van der Waals surface area (Å²) in [6.45, 7) is 0.459. The molecule has 1 amide bonds. The van der Waals surface area contributed by atoms with Gasteiger partial charge in [0.15, 0.2) is 0 Å². The van der Waals surface area contributed by atoms with Crippen molar-refractivity contribution < 1.29 is 14.7 Å². The maximum absolute atomic E-state index is 12.6. The van der Waals surface area contributed by atoms with Gasteiger partial charge in [0.2, 0.25) is 0 Å². The highest BCUT2D eigenvalue weighted by molar-refractivity contribution is 6.04. The number of amides is 1. The van der Waals surface area contributed by atoms with Crippen molar-refractivity contribution in [3.05, 3.63) is 102 Å². The van der Waals surface area contributed by atoms with Crippen LogP contribution in [0.2, 0.25) is 0 Å². The molecule has 0 unspecified atom stereocenters. The summed E-state index contributed by atoms with van der Waals surface area (Å²) in [4.78, 5) is 27.7. The Labute approximate surface area is 185 Å². The Hall–Kier alpha value is -4.26. The second-order valence-electron chi connectivity index (χ2n) is 7.36. The topological polar surface area (TPSA) is 97.1 Å². The molecule has 7 heteroatoms. The molecule has 0 atom stereocenters. The Kier molecular flexibility index (Phi) is 6.36. The van der Waals surface area contributed by atoms with Crippen molar-refractivity contribution >= 4 is 17.6 Å². The first-order valence-corrected chi connectivity index (χ1v) is 10.2. The molecule has 0 radical (unpaired) electrons. The van der Waals surface area contributed by atoms with Gasteiger partial charge in [0.25, 0.3) is 5.91 Å². The Balaban J connectivity index is 1.55. The number of hydrogen-bond donors (Lipinski definition) is 2. The first-order valence-electron chi connectivity index (χ1n) is 10.2. The molecule has 0 bridgehead atoms. The summed E-state index contributed by atoms with van der Waals surface area (Å²) in [6.07, 6.45) is 5.56. The monoisotopic (exact) mass is 426 g/mol. The van der Waals surface area contributed by atoms with E-state index in [1.807, 2.05) is 54.7 Å². The van der Waals surface area contributed by atoms with Gasteiger partial charge < -0.3 is 10.4 Å². The molecule has 0 saturated heterocycles. The lowest BCUT2D eigenvalue weighted by Gasteiger charge is -2.07. The fraction of sp³-hybridized carbons (Fsp3) is 0.120. The van der Waals surface area contributed by atoms with Gasteiger partial charge in [-0.1, -0.05) is 42.5 Å². The Morgan fingerprint density at radius 2 is 1.84 bits per heavy atom.